The van der Waals surface area contributed by atoms with Crippen LogP contribution < -0.4 is 9.62 Å². The largest absolute Gasteiger partial charge is 0.478 e. The highest BCUT2D eigenvalue weighted by Crippen LogP contribution is 2.25. The second-order valence-corrected chi connectivity index (χ2v) is 7.18. The van der Waals surface area contributed by atoms with Gasteiger partial charge in [0.25, 0.3) is 10.0 Å². The Bertz CT molecular complexity index is 937. The van der Waals surface area contributed by atoms with E-state index >= 15 is 0 Å². The zero-order valence-corrected chi connectivity index (χ0v) is 15.3. The average molecular weight is 390 g/mol. The molecule has 0 fully saturated rings. The van der Waals surface area contributed by atoms with Crippen LogP contribution in [0.3, 0.4) is 0 Å². The molecular weight excluding hydrogens is 372 g/mol. The summed E-state index contributed by atoms with van der Waals surface area (Å²) in [5.41, 5.74) is 0.728. The smallest absolute Gasteiger partial charge is 0.411 e. The summed E-state index contributed by atoms with van der Waals surface area (Å²) in [5, 5.41) is 11.4. The molecule has 0 atom stereocenters. The number of rotatable bonds is 7. The average Bonchev–Trinajstić information content (AvgIpc) is 2.66. The highest BCUT2D eigenvalue weighted by molar-refractivity contribution is 7.92. The van der Waals surface area contributed by atoms with E-state index in [0.717, 1.165) is 4.31 Å². The summed E-state index contributed by atoms with van der Waals surface area (Å²) in [4.78, 5) is 22.2. The highest BCUT2D eigenvalue weighted by Gasteiger charge is 2.24. The normalized spacial score (nSPS) is 10.7. The SMILES string of the molecule is C=CCN(c1ccc(C(=O)O)cc1)S(=O)(=O)c1ccc(NC(=O)OC)cc1. The van der Waals surface area contributed by atoms with Gasteiger partial charge in [-0.1, -0.05) is 6.08 Å². The van der Waals surface area contributed by atoms with Crippen molar-refractivity contribution in [2.24, 2.45) is 0 Å². The van der Waals surface area contributed by atoms with Gasteiger partial charge in [0.05, 0.1) is 29.8 Å². The number of carboxylic acid groups (broad SMARTS) is 1. The van der Waals surface area contributed by atoms with Gasteiger partial charge < -0.3 is 9.84 Å². The van der Waals surface area contributed by atoms with E-state index < -0.39 is 22.1 Å². The van der Waals surface area contributed by atoms with Gasteiger partial charge in [-0.2, -0.15) is 0 Å². The van der Waals surface area contributed by atoms with E-state index in [-0.39, 0.29) is 17.0 Å². The number of carboxylic acids is 1. The van der Waals surface area contributed by atoms with Crippen LogP contribution in [0.2, 0.25) is 0 Å². The minimum atomic E-state index is -3.93. The fraction of sp³-hybridized carbons (Fsp3) is 0.111. The van der Waals surface area contributed by atoms with Crippen LogP contribution in [0.4, 0.5) is 16.2 Å². The highest BCUT2D eigenvalue weighted by atomic mass is 32.2. The molecule has 27 heavy (non-hydrogen) atoms. The van der Waals surface area contributed by atoms with E-state index in [4.69, 9.17) is 5.11 Å². The van der Waals surface area contributed by atoms with Crippen molar-refractivity contribution in [3.63, 3.8) is 0 Å². The molecule has 142 valence electrons. The number of carbonyl (C=O) groups excluding carboxylic acids is 1. The Hall–Kier alpha value is -3.33. The molecule has 2 N–H and O–H groups in total. The summed E-state index contributed by atoms with van der Waals surface area (Å²) in [6.07, 6.45) is 0.757. The molecule has 2 rings (SSSR count). The molecule has 0 saturated heterocycles. The van der Waals surface area contributed by atoms with E-state index in [2.05, 4.69) is 16.6 Å². The number of sulfonamides is 1. The van der Waals surface area contributed by atoms with Gasteiger partial charge in [-0.05, 0) is 48.5 Å². The fourth-order valence-corrected chi connectivity index (χ4v) is 3.67. The lowest BCUT2D eigenvalue weighted by molar-refractivity contribution is 0.0697. The zero-order chi connectivity index (χ0) is 20.0. The van der Waals surface area contributed by atoms with E-state index in [9.17, 15) is 18.0 Å². The lowest BCUT2D eigenvalue weighted by atomic mass is 10.2. The molecule has 0 bridgehead atoms. The molecule has 0 aromatic heterocycles. The standard InChI is InChI=1S/C18H18N2O6S/c1-3-12-20(15-8-4-13(5-9-15)17(21)22)27(24,25)16-10-6-14(7-11-16)19-18(23)26-2/h3-11H,1,12H2,2H3,(H,19,23)(H,21,22). The second-order valence-electron chi connectivity index (χ2n) is 5.32. The summed E-state index contributed by atoms with van der Waals surface area (Å²) in [6.45, 7) is 3.57. The van der Waals surface area contributed by atoms with Gasteiger partial charge in [0.1, 0.15) is 0 Å². The van der Waals surface area contributed by atoms with Crippen LogP contribution in [0.1, 0.15) is 10.4 Å². The van der Waals surface area contributed by atoms with Crippen LogP contribution >= 0.6 is 0 Å². The fourth-order valence-electron chi connectivity index (χ4n) is 2.24. The molecule has 0 aliphatic carbocycles. The molecular formula is C18H18N2O6S. The number of hydrogen-bond donors (Lipinski definition) is 2. The molecule has 0 saturated carbocycles. The summed E-state index contributed by atoms with van der Waals surface area (Å²) >= 11 is 0. The number of nitrogens with one attached hydrogen (secondary N) is 1. The number of amides is 1. The summed E-state index contributed by atoms with van der Waals surface area (Å²) in [5.74, 6) is -1.10. The Labute approximate surface area is 156 Å². The number of anilines is 2. The Morgan fingerprint density at radius 2 is 1.74 bits per heavy atom. The molecule has 9 heteroatoms. The van der Waals surface area contributed by atoms with E-state index in [1.165, 1.54) is 61.7 Å². The Balaban J connectivity index is 2.35. The predicted octanol–water partition coefficient (Wildman–Crippen LogP) is 2.94. The number of benzene rings is 2. The van der Waals surface area contributed by atoms with E-state index in [1.807, 2.05) is 0 Å². The minimum Gasteiger partial charge on any atom is -0.478 e. The van der Waals surface area contributed by atoms with Crippen LogP contribution in [0, 0.1) is 0 Å². The van der Waals surface area contributed by atoms with Gasteiger partial charge in [0.2, 0.25) is 0 Å². The Kier molecular flexibility index (Phi) is 6.19. The summed E-state index contributed by atoms with van der Waals surface area (Å²) in [6, 6.07) is 11.0. The van der Waals surface area contributed by atoms with Crippen molar-refractivity contribution in [3.05, 3.63) is 66.7 Å². The number of aromatic carboxylic acids is 1. The van der Waals surface area contributed by atoms with Gasteiger partial charge in [0.15, 0.2) is 0 Å². The zero-order valence-electron chi connectivity index (χ0n) is 14.5. The van der Waals surface area contributed by atoms with Crippen LogP contribution in [0.5, 0.6) is 0 Å². The number of carbonyl (C=O) groups is 2. The molecule has 0 unspecified atom stereocenters. The molecule has 0 aliphatic heterocycles. The maximum absolute atomic E-state index is 13.0. The van der Waals surface area contributed by atoms with Crippen molar-refractivity contribution >= 4 is 33.5 Å². The Morgan fingerprint density at radius 1 is 1.15 bits per heavy atom. The van der Waals surface area contributed by atoms with Gasteiger partial charge in [0, 0.05) is 5.69 Å². The third-order valence-corrected chi connectivity index (χ3v) is 5.38. The third-order valence-electron chi connectivity index (χ3n) is 3.57. The van der Waals surface area contributed by atoms with Crippen molar-refractivity contribution in [2.45, 2.75) is 4.90 Å². The number of hydrogen-bond acceptors (Lipinski definition) is 5. The van der Waals surface area contributed by atoms with Crippen LogP contribution in [-0.2, 0) is 14.8 Å². The topological polar surface area (TPSA) is 113 Å². The van der Waals surface area contributed by atoms with Crippen LogP contribution in [0.15, 0.2) is 66.1 Å². The molecule has 1 amide bonds. The van der Waals surface area contributed by atoms with Crippen molar-refractivity contribution in [2.75, 3.05) is 23.3 Å². The van der Waals surface area contributed by atoms with Gasteiger partial charge in [-0.25, -0.2) is 18.0 Å². The monoisotopic (exact) mass is 390 g/mol. The number of methoxy groups -OCH3 is 1. The van der Waals surface area contributed by atoms with E-state index in [0.29, 0.717) is 11.4 Å². The van der Waals surface area contributed by atoms with Crippen molar-refractivity contribution in [1.82, 2.24) is 0 Å². The summed E-state index contributed by atoms with van der Waals surface area (Å²) < 4.78 is 31.5. The number of nitrogens with zero attached hydrogens (tertiary/aromatic N) is 1. The first-order chi connectivity index (χ1) is 12.8. The minimum absolute atomic E-state index is 0.00192. The third kappa shape index (κ3) is 4.64. The van der Waals surface area contributed by atoms with E-state index in [1.54, 1.807) is 0 Å². The van der Waals surface area contributed by atoms with Crippen molar-refractivity contribution in [1.29, 1.82) is 0 Å². The van der Waals surface area contributed by atoms with Crippen LogP contribution in [-0.4, -0.2) is 39.2 Å². The maximum atomic E-state index is 13.0. The second kappa shape index (κ2) is 8.37. The summed E-state index contributed by atoms with van der Waals surface area (Å²) in [7, 11) is -2.71. The lowest BCUT2D eigenvalue weighted by Gasteiger charge is -2.23. The molecule has 0 aliphatic rings. The van der Waals surface area contributed by atoms with Gasteiger partial charge in [-0.15, -0.1) is 6.58 Å². The molecule has 8 nitrogen and oxygen atoms in total. The molecule has 0 spiro atoms. The quantitative estimate of drug-likeness (QED) is 0.703. The molecule has 2 aromatic rings. The number of ether oxygens (including phenoxy) is 1. The van der Waals surface area contributed by atoms with Crippen LogP contribution in [0.25, 0.3) is 0 Å². The molecule has 0 radical (unpaired) electrons. The lowest BCUT2D eigenvalue weighted by Crippen LogP contribution is -2.31. The first kappa shape index (κ1) is 20.0. The maximum Gasteiger partial charge on any atom is 0.411 e. The Morgan fingerprint density at radius 3 is 2.22 bits per heavy atom. The first-order valence-corrected chi connectivity index (χ1v) is 9.15. The van der Waals surface area contributed by atoms with Crippen molar-refractivity contribution < 1.29 is 27.9 Å². The predicted molar refractivity (Wildman–Crippen MR) is 101 cm³/mol. The van der Waals surface area contributed by atoms with Gasteiger partial charge >= 0.3 is 12.1 Å². The molecule has 2 aromatic carbocycles. The molecule has 0 heterocycles. The van der Waals surface area contributed by atoms with Crippen molar-refractivity contribution in [3.8, 4) is 0 Å². The first-order valence-electron chi connectivity index (χ1n) is 7.71. The van der Waals surface area contributed by atoms with Gasteiger partial charge in [-0.3, -0.25) is 9.62 Å².